The molecule has 1 aliphatic carbocycles. The molecule has 1 heterocycles. The molecule has 1 N–H and O–H groups in total. The van der Waals surface area contributed by atoms with E-state index in [1.165, 1.54) is 24.3 Å². The number of hydrogen-bond donors (Lipinski definition) is 1. The number of nitrogens with one attached hydrogen (secondary N) is 1. The highest BCUT2D eigenvalue weighted by molar-refractivity contribution is 6.25. The highest BCUT2D eigenvalue weighted by atomic mass is 19.1. The molecule has 6 nitrogen and oxygen atoms in total. The Labute approximate surface area is 124 Å². The van der Waals surface area contributed by atoms with E-state index < -0.39 is 17.4 Å². The van der Waals surface area contributed by atoms with Crippen molar-refractivity contribution < 1.29 is 23.2 Å². The van der Waals surface area contributed by atoms with Crippen LogP contribution >= 0.6 is 0 Å². The highest BCUT2D eigenvalue weighted by Gasteiger charge is 2.34. The fourth-order valence-corrected chi connectivity index (χ4v) is 2.05. The number of nitrogens with zero attached hydrogens (tertiary/aromatic N) is 1. The van der Waals surface area contributed by atoms with Gasteiger partial charge >= 0.3 is 5.95 Å². The molecule has 1 aliphatic rings. The van der Waals surface area contributed by atoms with E-state index in [-0.39, 0.29) is 29.5 Å². The van der Waals surface area contributed by atoms with Crippen LogP contribution in [-0.2, 0) is 0 Å². The van der Waals surface area contributed by atoms with Crippen molar-refractivity contribution in [3.8, 4) is 5.95 Å². The zero-order chi connectivity index (χ0) is 15.7. The molecule has 0 fully saturated rings. The van der Waals surface area contributed by atoms with E-state index in [1.54, 1.807) is 6.92 Å². The first kappa shape index (κ1) is 14.0. The molecule has 0 aliphatic heterocycles. The fourth-order valence-electron chi connectivity index (χ4n) is 2.05. The normalized spacial score (nSPS) is 13.6. The van der Waals surface area contributed by atoms with E-state index in [1.807, 2.05) is 0 Å². The topological polar surface area (TPSA) is 81.4 Å². The van der Waals surface area contributed by atoms with Gasteiger partial charge in [-0.3, -0.25) is 9.59 Å². The second kappa shape index (κ2) is 5.44. The van der Waals surface area contributed by atoms with E-state index in [0.29, 0.717) is 5.69 Å². The Hall–Kier alpha value is -2.96. The standard InChI is InChI=1S/C15H11FN2O4/c1-2-21-15-12-13(18-22-15)11(19)7-10(14(12)20)17-9-5-3-8(16)4-6-9/h3-7,17H,2H2,1H3. The molecule has 0 bridgehead atoms. The van der Waals surface area contributed by atoms with Gasteiger partial charge in [0.2, 0.25) is 11.6 Å². The third-order valence-corrected chi connectivity index (χ3v) is 3.04. The predicted molar refractivity (Wildman–Crippen MR) is 74.4 cm³/mol. The van der Waals surface area contributed by atoms with Crippen molar-refractivity contribution in [2.75, 3.05) is 11.9 Å². The number of allylic oxidation sites excluding steroid dienone is 2. The molecule has 2 aromatic rings. The zero-order valence-electron chi connectivity index (χ0n) is 11.6. The van der Waals surface area contributed by atoms with Crippen LogP contribution in [0.25, 0.3) is 0 Å². The summed E-state index contributed by atoms with van der Waals surface area (Å²) < 4.78 is 23.0. The summed E-state index contributed by atoms with van der Waals surface area (Å²) in [6.45, 7) is 1.99. The van der Waals surface area contributed by atoms with Crippen molar-refractivity contribution in [2.24, 2.45) is 0 Å². The molecule has 0 saturated carbocycles. The van der Waals surface area contributed by atoms with Crippen LogP contribution in [-0.4, -0.2) is 23.3 Å². The minimum Gasteiger partial charge on any atom is -0.464 e. The van der Waals surface area contributed by atoms with Gasteiger partial charge in [-0.25, -0.2) is 4.39 Å². The molecule has 0 unspecified atom stereocenters. The Kier molecular flexibility index (Phi) is 3.46. The molecule has 3 rings (SSSR count). The maximum atomic E-state index is 12.9. The average molecular weight is 302 g/mol. The molecule has 112 valence electrons. The summed E-state index contributed by atoms with van der Waals surface area (Å²) in [5.74, 6) is -1.41. The summed E-state index contributed by atoms with van der Waals surface area (Å²) in [6.07, 6.45) is 1.13. The zero-order valence-corrected chi connectivity index (χ0v) is 11.6. The Bertz CT molecular complexity index is 777. The molecule has 0 radical (unpaired) electrons. The fraction of sp³-hybridized carbons (Fsp3) is 0.133. The first-order valence-electron chi connectivity index (χ1n) is 6.56. The van der Waals surface area contributed by atoms with Gasteiger partial charge in [-0.05, 0) is 31.2 Å². The molecule has 0 amide bonds. The number of carbonyl (C=O) groups is 2. The number of fused-ring (bicyclic) bond motifs is 1. The van der Waals surface area contributed by atoms with Crippen LogP contribution in [0, 0.1) is 5.82 Å². The monoisotopic (exact) mass is 302 g/mol. The Balaban J connectivity index is 1.93. The number of ether oxygens (including phenoxy) is 1. The minimum atomic E-state index is -0.469. The van der Waals surface area contributed by atoms with E-state index in [0.717, 1.165) is 6.08 Å². The lowest BCUT2D eigenvalue weighted by molar-refractivity contribution is 0.0981. The quantitative estimate of drug-likeness (QED) is 0.935. The lowest BCUT2D eigenvalue weighted by Crippen LogP contribution is -2.21. The van der Waals surface area contributed by atoms with Gasteiger partial charge in [-0.15, -0.1) is 0 Å². The van der Waals surface area contributed by atoms with Crippen LogP contribution in [0.5, 0.6) is 5.95 Å². The third-order valence-electron chi connectivity index (χ3n) is 3.04. The second-order valence-corrected chi connectivity index (χ2v) is 4.51. The number of benzene rings is 1. The number of aromatic nitrogens is 1. The van der Waals surface area contributed by atoms with Crippen molar-refractivity contribution in [1.82, 2.24) is 5.16 Å². The molecule has 0 spiro atoms. The van der Waals surface area contributed by atoms with Crippen LogP contribution < -0.4 is 10.1 Å². The van der Waals surface area contributed by atoms with Gasteiger partial charge in [0.25, 0.3) is 0 Å². The maximum Gasteiger partial charge on any atom is 0.323 e. The Morgan fingerprint density at radius 2 is 2.00 bits per heavy atom. The number of halogens is 1. The molecule has 1 aromatic carbocycles. The molecular weight excluding hydrogens is 291 g/mol. The number of rotatable bonds is 4. The van der Waals surface area contributed by atoms with E-state index >= 15 is 0 Å². The van der Waals surface area contributed by atoms with Gasteiger partial charge < -0.3 is 14.6 Å². The minimum absolute atomic E-state index is 0.000961. The molecule has 1 aromatic heterocycles. The van der Waals surface area contributed by atoms with Crippen molar-refractivity contribution >= 4 is 17.3 Å². The first-order chi connectivity index (χ1) is 10.6. The van der Waals surface area contributed by atoms with Gasteiger partial charge in [0, 0.05) is 11.8 Å². The summed E-state index contributed by atoms with van der Waals surface area (Å²) in [7, 11) is 0. The lowest BCUT2D eigenvalue weighted by Gasteiger charge is -2.13. The number of ketones is 2. The van der Waals surface area contributed by atoms with E-state index in [4.69, 9.17) is 9.26 Å². The van der Waals surface area contributed by atoms with Crippen molar-refractivity contribution in [2.45, 2.75) is 6.92 Å². The number of carbonyl (C=O) groups excluding carboxylic acids is 2. The van der Waals surface area contributed by atoms with Gasteiger partial charge in [0.1, 0.15) is 11.4 Å². The molecule has 7 heteroatoms. The average Bonchev–Trinajstić information content (AvgIpc) is 2.92. The van der Waals surface area contributed by atoms with Crippen LogP contribution in [0.1, 0.15) is 27.8 Å². The van der Waals surface area contributed by atoms with Crippen LogP contribution in [0.4, 0.5) is 10.1 Å². The summed E-state index contributed by atoms with van der Waals surface area (Å²) in [5, 5.41) is 6.35. The van der Waals surface area contributed by atoms with Gasteiger partial charge in [-0.1, -0.05) is 5.16 Å². The Morgan fingerprint density at radius 3 is 2.68 bits per heavy atom. The maximum absolute atomic E-state index is 12.9. The number of anilines is 1. The number of Topliss-reactive ketones (excluding diaryl/α,β-unsaturated/α-hetero) is 1. The highest BCUT2D eigenvalue weighted by Crippen LogP contribution is 2.30. The largest absolute Gasteiger partial charge is 0.464 e. The molecule has 22 heavy (non-hydrogen) atoms. The van der Waals surface area contributed by atoms with Crippen LogP contribution in [0.15, 0.2) is 40.6 Å². The van der Waals surface area contributed by atoms with E-state index in [2.05, 4.69) is 10.5 Å². The van der Waals surface area contributed by atoms with Crippen molar-refractivity contribution in [1.29, 1.82) is 0 Å². The molecule has 0 atom stereocenters. The third kappa shape index (κ3) is 2.37. The SMILES string of the molecule is CCOc1onc2c1C(=O)C(Nc1ccc(F)cc1)=CC2=O. The molecular formula is C15H11FN2O4. The number of hydrogen-bond acceptors (Lipinski definition) is 6. The van der Waals surface area contributed by atoms with E-state index in [9.17, 15) is 14.0 Å². The van der Waals surface area contributed by atoms with Crippen LogP contribution in [0.3, 0.4) is 0 Å². The Morgan fingerprint density at radius 1 is 1.27 bits per heavy atom. The lowest BCUT2D eigenvalue weighted by atomic mass is 9.99. The summed E-state index contributed by atoms with van der Waals surface area (Å²) in [5.41, 5.74) is 0.456. The van der Waals surface area contributed by atoms with Gasteiger partial charge in [0.15, 0.2) is 5.69 Å². The van der Waals surface area contributed by atoms with Gasteiger partial charge in [-0.2, -0.15) is 0 Å². The predicted octanol–water partition coefficient (Wildman–Crippen LogP) is 2.59. The molecule has 0 saturated heterocycles. The van der Waals surface area contributed by atoms with Crippen molar-refractivity contribution in [3.63, 3.8) is 0 Å². The summed E-state index contributed by atoms with van der Waals surface area (Å²) in [6, 6.07) is 5.41. The van der Waals surface area contributed by atoms with Crippen molar-refractivity contribution in [3.05, 3.63) is 53.1 Å². The second-order valence-electron chi connectivity index (χ2n) is 4.51. The van der Waals surface area contributed by atoms with Crippen LogP contribution in [0.2, 0.25) is 0 Å². The smallest absolute Gasteiger partial charge is 0.323 e. The van der Waals surface area contributed by atoms with Gasteiger partial charge in [0.05, 0.1) is 12.3 Å². The summed E-state index contributed by atoms with van der Waals surface area (Å²) in [4.78, 5) is 24.4. The summed E-state index contributed by atoms with van der Waals surface area (Å²) >= 11 is 0. The first-order valence-corrected chi connectivity index (χ1v) is 6.56.